The molecule has 1 aromatic carbocycles. The van der Waals surface area contributed by atoms with Crippen LogP contribution in [0, 0.1) is 17.0 Å². The fourth-order valence-electron chi connectivity index (χ4n) is 0.969. The fraction of sp³-hybridized carbons (Fsp3) is 0.455. The molecule has 0 radical (unpaired) electrons. The number of hydrogen-bond donors (Lipinski definition) is 1. The molecule has 5 heteroatoms. The van der Waals surface area contributed by atoms with Gasteiger partial charge in [0.05, 0.1) is 6.61 Å². The standard InChI is InChI=1S/C11H14BrF2NO/c1-11(2,5-15)6-16-9-4-7(12)3-8(13)10(9)14/h3-4H,5-6,15H2,1-2H3. The maximum Gasteiger partial charge on any atom is 0.200 e. The average molecular weight is 294 g/mol. The van der Waals surface area contributed by atoms with Crippen LogP contribution in [0.3, 0.4) is 0 Å². The normalized spacial score (nSPS) is 11.6. The van der Waals surface area contributed by atoms with Crippen molar-refractivity contribution in [1.82, 2.24) is 0 Å². The largest absolute Gasteiger partial charge is 0.490 e. The lowest BCUT2D eigenvalue weighted by molar-refractivity contribution is 0.179. The third kappa shape index (κ3) is 3.42. The smallest absolute Gasteiger partial charge is 0.200 e. The van der Waals surface area contributed by atoms with Crippen molar-refractivity contribution in [2.45, 2.75) is 13.8 Å². The van der Waals surface area contributed by atoms with E-state index in [2.05, 4.69) is 15.9 Å². The predicted octanol–water partition coefficient (Wildman–Crippen LogP) is 3.09. The van der Waals surface area contributed by atoms with Crippen LogP contribution < -0.4 is 10.5 Å². The third-order valence-corrected chi connectivity index (χ3v) is 2.59. The van der Waals surface area contributed by atoms with Gasteiger partial charge in [0.25, 0.3) is 0 Å². The van der Waals surface area contributed by atoms with Gasteiger partial charge < -0.3 is 10.5 Å². The second kappa shape index (κ2) is 5.10. The lowest BCUT2D eigenvalue weighted by Crippen LogP contribution is -2.30. The molecule has 0 bridgehead atoms. The molecule has 16 heavy (non-hydrogen) atoms. The van der Waals surface area contributed by atoms with E-state index in [1.165, 1.54) is 6.07 Å². The van der Waals surface area contributed by atoms with Crippen molar-refractivity contribution in [2.24, 2.45) is 11.1 Å². The Morgan fingerprint density at radius 3 is 2.56 bits per heavy atom. The Hall–Kier alpha value is -0.680. The van der Waals surface area contributed by atoms with E-state index in [1.54, 1.807) is 0 Å². The summed E-state index contributed by atoms with van der Waals surface area (Å²) in [5.74, 6) is -2.01. The minimum Gasteiger partial charge on any atom is -0.490 e. The average Bonchev–Trinajstić information content (AvgIpc) is 2.21. The van der Waals surface area contributed by atoms with E-state index in [0.29, 0.717) is 11.0 Å². The van der Waals surface area contributed by atoms with E-state index in [0.717, 1.165) is 6.07 Å². The summed E-state index contributed by atoms with van der Waals surface area (Å²) >= 11 is 3.07. The molecule has 2 N–H and O–H groups in total. The van der Waals surface area contributed by atoms with Gasteiger partial charge in [-0.25, -0.2) is 4.39 Å². The lowest BCUT2D eigenvalue weighted by Gasteiger charge is -2.22. The first-order chi connectivity index (χ1) is 7.35. The first-order valence-corrected chi connectivity index (χ1v) is 5.62. The second-order valence-corrected chi connectivity index (χ2v) is 5.27. The van der Waals surface area contributed by atoms with Crippen molar-refractivity contribution in [3.05, 3.63) is 28.2 Å². The van der Waals surface area contributed by atoms with Crippen LogP contribution in [0.5, 0.6) is 5.75 Å². The summed E-state index contributed by atoms with van der Waals surface area (Å²) in [5.41, 5.74) is 5.24. The zero-order chi connectivity index (χ0) is 12.3. The van der Waals surface area contributed by atoms with Crippen LogP contribution in [0.2, 0.25) is 0 Å². The maximum atomic E-state index is 13.3. The van der Waals surface area contributed by atoms with Crippen LogP contribution in [0.15, 0.2) is 16.6 Å². The molecule has 1 rings (SSSR count). The van der Waals surface area contributed by atoms with Gasteiger partial charge in [0.1, 0.15) is 0 Å². The molecule has 0 aliphatic carbocycles. The molecule has 0 aromatic heterocycles. The molecule has 0 saturated heterocycles. The summed E-state index contributed by atoms with van der Waals surface area (Å²) in [4.78, 5) is 0. The van der Waals surface area contributed by atoms with Gasteiger partial charge in [0.2, 0.25) is 5.82 Å². The molecule has 0 saturated carbocycles. The summed E-state index contributed by atoms with van der Waals surface area (Å²) in [6, 6.07) is 2.45. The Labute approximate surface area is 102 Å². The monoisotopic (exact) mass is 293 g/mol. The summed E-state index contributed by atoms with van der Waals surface area (Å²) < 4.78 is 32.0. The minimum atomic E-state index is -0.976. The molecule has 0 aliphatic heterocycles. The first kappa shape index (κ1) is 13.4. The van der Waals surface area contributed by atoms with E-state index >= 15 is 0 Å². The van der Waals surface area contributed by atoms with Gasteiger partial charge in [0.15, 0.2) is 11.6 Å². The van der Waals surface area contributed by atoms with Gasteiger partial charge in [0, 0.05) is 16.4 Å². The molecule has 0 amide bonds. The predicted molar refractivity (Wildman–Crippen MR) is 62.4 cm³/mol. The number of halogens is 3. The van der Waals surface area contributed by atoms with Crippen molar-refractivity contribution in [3.8, 4) is 5.75 Å². The van der Waals surface area contributed by atoms with Crippen LogP contribution in [-0.4, -0.2) is 13.2 Å². The molecule has 2 nitrogen and oxygen atoms in total. The van der Waals surface area contributed by atoms with Crippen molar-refractivity contribution < 1.29 is 13.5 Å². The van der Waals surface area contributed by atoms with Crippen molar-refractivity contribution >= 4 is 15.9 Å². The first-order valence-electron chi connectivity index (χ1n) is 4.83. The molecule has 0 fully saturated rings. The van der Waals surface area contributed by atoms with Gasteiger partial charge in [-0.1, -0.05) is 29.8 Å². The SMILES string of the molecule is CC(C)(CN)COc1cc(Br)cc(F)c1F. The van der Waals surface area contributed by atoms with Gasteiger partial charge in [-0.15, -0.1) is 0 Å². The fourth-order valence-corrected chi connectivity index (χ4v) is 1.38. The summed E-state index contributed by atoms with van der Waals surface area (Å²) in [5, 5.41) is 0. The quantitative estimate of drug-likeness (QED) is 0.866. The lowest BCUT2D eigenvalue weighted by atomic mass is 9.95. The van der Waals surface area contributed by atoms with Gasteiger partial charge >= 0.3 is 0 Å². The van der Waals surface area contributed by atoms with Crippen LogP contribution in [0.4, 0.5) is 8.78 Å². The highest BCUT2D eigenvalue weighted by Gasteiger charge is 2.19. The molecule has 0 unspecified atom stereocenters. The van der Waals surface area contributed by atoms with Crippen LogP contribution in [-0.2, 0) is 0 Å². The molecule has 90 valence electrons. The van der Waals surface area contributed by atoms with E-state index in [1.807, 2.05) is 13.8 Å². The molecular weight excluding hydrogens is 280 g/mol. The van der Waals surface area contributed by atoms with Gasteiger partial charge in [-0.3, -0.25) is 0 Å². The van der Waals surface area contributed by atoms with Gasteiger partial charge in [-0.2, -0.15) is 4.39 Å². The number of hydrogen-bond acceptors (Lipinski definition) is 2. The Balaban J connectivity index is 2.82. The van der Waals surface area contributed by atoms with Crippen molar-refractivity contribution in [2.75, 3.05) is 13.2 Å². The van der Waals surface area contributed by atoms with E-state index in [-0.39, 0.29) is 17.8 Å². The van der Waals surface area contributed by atoms with E-state index in [4.69, 9.17) is 10.5 Å². The van der Waals surface area contributed by atoms with E-state index in [9.17, 15) is 8.78 Å². The maximum absolute atomic E-state index is 13.3. The molecule has 0 spiro atoms. The Kier molecular flexibility index (Phi) is 4.27. The van der Waals surface area contributed by atoms with Crippen molar-refractivity contribution in [3.63, 3.8) is 0 Å². The Morgan fingerprint density at radius 2 is 2.00 bits per heavy atom. The number of benzene rings is 1. The summed E-state index contributed by atoms with van der Waals surface area (Å²) in [6.45, 7) is 4.42. The highest BCUT2D eigenvalue weighted by molar-refractivity contribution is 9.10. The third-order valence-electron chi connectivity index (χ3n) is 2.13. The van der Waals surface area contributed by atoms with Crippen LogP contribution >= 0.6 is 15.9 Å². The van der Waals surface area contributed by atoms with Crippen LogP contribution in [0.25, 0.3) is 0 Å². The second-order valence-electron chi connectivity index (χ2n) is 4.36. The molecule has 0 heterocycles. The zero-order valence-corrected chi connectivity index (χ0v) is 10.8. The van der Waals surface area contributed by atoms with Crippen molar-refractivity contribution in [1.29, 1.82) is 0 Å². The number of ether oxygens (including phenoxy) is 1. The molecular formula is C11H14BrF2NO. The van der Waals surface area contributed by atoms with Crippen LogP contribution in [0.1, 0.15) is 13.8 Å². The number of rotatable bonds is 4. The molecule has 0 aliphatic rings. The molecule has 1 aromatic rings. The minimum absolute atomic E-state index is 0.103. The van der Waals surface area contributed by atoms with Gasteiger partial charge in [-0.05, 0) is 12.1 Å². The summed E-state index contributed by atoms with van der Waals surface area (Å²) in [7, 11) is 0. The Bertz CT molecular complexity index is 382. The molecule has 0 atom stereocenters. The zero-order valence-electron chi connectivity index (χ0n) is 9.19. The summed E-state index contributed by atoms with van der Waals surface area (Å²) in [6.07, 6.45) is 0. The Morgan fingerprint density at radius 1 is 1.38 bits per heavy atom. The highest BCUT2D eigenvalue weighted by Crippen LogP contribution is 2.26. The van der Waals surface area contributed by atoms with E-state index < -0.39 is 11.6 Å². The highest BCUT2D eigenvalue weighted by atomic mass is 79.9. The topological polar surface area (TPSA) is 35.2 Å². The number of nitrogens with two attached hydrogens (primary N) is 1.